The first-order valence-corrected chi connectivity index (χ1v) is 18.2. The fourth-order valence-corrected chi connectivity index (χ4v) is 8.49. The largest absolute Gasteiger partial charge is 0.327 e. The average molecular weight is 556 g/mol. The zero-order valence-corrected chi connectivity index (χ0v) is 28.2. The summed E-state index contributed by atoms with van der Waals surface area (Å²) < 4.78 is 0. The van der Waals surface area contributed by atoms with Gasteiger partial charge in [0.15, 0.2) is 0 Å². The second kappa shape index (κ2) is 20.4. The van der Waals surface area contributed by atoms with Crippen molar-refractivity contribution in [1.29, 1.82) is 0 Å². The molecule has 0 aromatic carbocycles. The smallest absolute Gasteiger partial charge is 0.00647 e. The summed E-state index contributed by atoms with van der Waals surface area (Å²) in [6, 6.07) is 0.444. The molecule has 1 heteroatoms. The van der Waals surface area contributed by atoms with E-state index in [4.69, 9.17) is 5.73 Å². The molecule has 0 aliphatic heterocycles. The molecule has 0 aromatic rings. The maximum absolute atomic E-state index is 6.37. The van der Waals surface area contributed by atoms with Crippen molar-refractivity contribution in [1.82, 2.24) is 0 Å². The van der Waals surface area contributed by atoms with Gasteiger partial charge in [-0.15, -0.1) is 13.2 Å². The minimum absolute atomic E-state index is 0.444. The molecule has 2 N–H and O–H groups in total. The molecule has 40 heavy (non-hydrogen) atoms. The Bertz CT molecular complexity index is 678. The van der Waals surface area contributed by atoms with Crippen molar-refractivity contribution in [2.75, 3.05) is 0 Å². The van der Waals surface area contributed by atoms with Crippen LogP contribution in [0.2, 0.25) is 0 Å². The molecule has 2 aliphatic rings. The highest BCUT2D eigenvalue weighted by Gasteiger charge is 2.41. The Morgan fingerprint density at radius 1 is 0.600 bits per heavy atom. The van der Waals surface area contributed by atoms with Gasteiger partial charge in [0.25, 0.3) is 0 Å². The van der Waals surface area contributed by atoms with E-state index in [1.807, 2.05) is 0 Å². The molecule has 1 nitrogen and oxygen atoms in total. The predicted molar refractivity (Wildman–Crippen MR) is 181 cm³/mol. The molecular weight excluding hydrogens is 482 g/mol. The Morgan fingerprint density at radius 2 is 1.12 bits per heavy atom. The van der Waals surface area contributed by atoms with Crippen molar-refractivity contribution in [3.63, 3.8) is 0 Å². The van der Waals surface area contributed by atoms with E-state index in [0.717, 1.165) is 35.5 Å². The van der Waals surface area contributed by atoms with Crippen molar-refractivity contribution < 1.29 is 0 Å². The monoisotopic (exact) mass is 556 g/mol. The van der Waals surface area contributed by atoms with E-state index in [1.165, 1.54) is 152 Å². The summed E-state index contributed by atoms with van der Waals surface area (Å²) in [5, 5.41) is 0. The van der Waals surface area contributed by atoms with Crippen molar-refractivity contribution >= 4 is 0 Å². The lowest BCUT2D eigenvalue weighted by molar-refractivity contribution is 0.0246. The van der Waals surface area contributed by atoms with Gasteiger partial charge in [0.05, 0.1) is 0 Å². The molecular formula is C39H73N. The molecule has 0 amide bonds. The van der Waals surface area contributed by atoms with E-state index in [9.17, 15) is 0 Å². The Kier molecular flexibility index (Phi) is 18.1. The van der Waals surface area contributed by atoms with Gasteiger partial charge >= 0.3 is 0 Å². The Labute approximate surface area is 253 Å². The lowest BCUT2D eigenvalue weighted by Gasteiger charge is -2.47. The van der Waals surface area contributed by atoms with Gasteiger partial charge in [-0.2, -0.15) is 0 Å². The van der Waals surface area contributed by atoms with Crippen LogP contribution in [0.5, 0.6) is 0 Å². The second-order valence-corrected chi connectivity index (χ2v) is 15.3. The summed E-state index contributed by atoms with van der Waals surface area (Å²) in [4.78, 5) is 0. The number of rotatable bonds is 21. The third kappa shape index (κ3) is 14.1. The van der Waals surface area contributed by atoms with Gasteiger partial charge in [-0.25, -0.2) is 0 Å². The zero-order valence-electron chi connectivity index (χ0n) is 28.2. The molecule has 2 aliphatic carbocycles. The fourth-order valence-electron chi connectivity index (χ4n) is 8.49. The van der Waals surface area contributed by atoms with Crippen molar-refractivity contribution in [2.45, 2.75) is 182 Å². The first-order chi connectivity index (χ1) is 19.2. The Hall–Kier alpha value is -0.560. The first kappa shape index (κ1) is 35.6. The summed E-state index contributed by atoms with van der Waals surface area (Å²) in [6.07, 6.45) is 31.0. The number of allylic oxidation sites excluding steroid dienone is 2. The zero-order chi connectivity index (χ0) is 29.3. The minimum atomic E-state index is 0.444. The Morgan fingerprint density at radius 3 is 1.65 bits per heavy atom. The predicted octanol–water partition coefficient (Wildman–Crippen LogP) is 12.4. The van der Waals surface area contributed by atoms with Gasteiger partial charge in [-0.3, -0.25) is 0 Å². The van der Waals surface area contributed by atoms with Gasteiger partial charge < -0.3 is 5.73 Å². The van der Waals surface area contributed by atoms with Gasteiger partial charge in [-0.05, 0) is 113 Å². The molecule has 234 valence electrons. The first-order valence-electron chi connectivity index (χ1n) is 18.2. The molecule has 8 atom stereocenters. The van der Waals surface area contributed by atoms with Gasteiger partial charge in [0.2, 0.25) is 0 Å². The lowest BCUT2D eigenvalue weighted by Crippen LogP contribution is -2.40. The topological polar surface area (TPSA) is 26.0 Å². The third-order valence-electron chi connectivity index (χ3n) is 11.5. The van der Waals surface area contributed by atoms with Crippen LogP contribution in [0.4, 0.5) is 0 Å². The van der Waals surface area contributed by atoms with E-state index in [-0.39, 0.29) is 0 Å². The van der Waals surface area contributed by atoms with Crippen LogP contribution in [-0.4, -0.2) is 6.04 Å². The van der Waals surface area contributed by atoms with Crippen LogP contribution in [0.25, 0.3) is 0 Å². The number of nitrogens with two attached hydrogens (primary N) is 1. The van der Waals surface area contributed by atoms with Crippen LogP contribution in [0, 0.1) is 41.4 Å². The van der Waals surface area contributed by atoms with Gasteiger partial charge in [-0.1, -0.05) is 115 Å². The molecule has 5 unspecified atom stereocenters. The van der Waals surface area contributed by atoms with Crippen LogP contribution in [0.3, 0.4) is 0 Å². The van der Waals surface area contributed by atoms with Crippen LogP contribution in [0.15, 0.2) is 24.3 Å². The molecule has 0 heterocycles. The van der Waals surface area contributed by atoms with E-state index >= 15 is 0 Å². The van der Waals surface area contributed by atoms with E-state index in [0.29, 0.717) is 12.0 Å². The number of hydrogen-bond donors (Lipinski definition) is 1. The summed E-state index contributed by atoms with van der Waals surface area (Å²) in [6.45, 7) is 20.3. The molecule has 2 fully saturated rings. The maximum atomic E-state index is 6.37. The fraction of sp³-hybridized carbons (Fsp3) is 0.897. The summed E-state index contributed by atoms with van der Waals surface area (Å²) >= 11 is 0. The van der Waals surface area contributed by atoms with Gasteiger partial charge in [0, 0.05) is 6.04 Å². The third-order valence-corrected chi connectivity index (χ3v) is 11.5. The molecule has 0 aromatic heterocycles. The highest BCUT2D eigenvalue weighted by atomic mass is 14.7. The lowest BCUT2D eigenvalue weighted by atomic mass is 9.58. The normalized spacial score (nSPS) is 30.9. The van der Waals surface area contributed by atoms with Crippen molar-refractivity contribution in [3.8, 4) is 0 Å². The Balaban J connectivity index is 1.61. The maximum Gasteiger partial charge on any atom is 0.00647 e. The van der Waals surface area contributed by atoms with Crippen LogP contribution in [0.1, 0.15) is 176 Å². The minimum Gasteiger partial charge on any atom is -0.327 e. The van der Waals surface area contributed by atoms with Crippen LogP contribution < -0.4 is 5.73 Å². The molecule has 0 spiro atoms. The average Bonchev–Trinajstić information content (AvgIpc) is 2.91. The molecule has 2 rings (SSSR count). The number of unbranched alkanes of at least 4 members (excludes halogenated alkanes) is 12. The number of hydrogen-bond acceptors (Lipinski definition) is 1. The van der Waals surface area contributed by atoms with Crippen LogP contribution >= 0.6 is 0 Å². The highest BCUT2D eigenvalue weighted by molar-refractivity contribution is 4.95. The standard InChI is InChI=1S/C39H73N/c1-30(2)21-19-17-15-13-11-9-8-10-12-14-16-18-20-22-36-29-37(25-23-31(3)4)38(34(7)33(36)6)28-35-24-26-39(40)32(5)27-35/h32-39H,1,3,8-29,40H2,2,4-7H3/t32?,33-,34?,35?,36?,37?,38+,39+/m1/s1. The van der Waals surface area contributed by atoms with E-state index in [1.54, 1.807) is 0 Å². The SMILES string of the molecule is C=C(C)CCCCCCCCCCCCCCCC1CC(CCC(=C)C)[C@@H](CC2CC[C@H](N)C(C)C2)C(C)[C@H]1C. The summed E-state index contributed by atoms with van der Waals surface area (Å²) in [7, 11) is 0. The van der Waals surface area contributed by atoms with Crippen molar-refractivity contribution in [2.24, 2.45) is 47.2 Å². The highest BCUT2D eigenvalue weighted by Crippen LogP contribution is 2.49. The quantitative estimate of drug-likeness (QED) is 0.111. The molecule has 0 bridgehead atoms. The van der Waals surface area contributed by atoms with Crippen LogP contribution in [-0.2, 0) is 0 Å². The van der Waals surface area contributed by atoms with Gasteiger partial charge in [0.1, 0.15) is 0 Å². The summed E-state index contributed by atoms with van der Waals surface area (Å²) in [5.74, 6) is 6.16. The van der Waals surface area contributed by atoms with E-state index in [2.05, 4.69) is 47.8 Å². The molecule has 2 saturated carbocycles. The van der Waals surface area contributed by atoms with E-state index < -0.39 is 0 Å². The molecule has 0 radical (unpaired) electrons. The molecule has 0 saturated heterocycles. The summed E-state index contributed by atoms with van der Waals surface area (Å²) in [5.41, 5.74) is 9.10. The van der Waals surface area contributed by atoms with Crippen molar-refractivity contribution in [3.05, 3.63) is 24.3 Å². The second-order valence-electron chi connectivity index (χ2n) is 15.3.